The maximum absolute atomic E-state index is 12.2. The number of carbonyl (C=O) groups is 1. The van der Waals surface area contributed by atoms with Gasteiger partial charge in [-0.3, -0.25) is 9.78 Å². The summed E-state index contributed by atoms with van der Waals surface area (Å²) in [5, 5.41) is 3.03. The third-order valence-electron chi connectivity index (χ3n) is 2.94. The molecule has 98 valence electrons. The van der Waals surface area contributed by atoms with Crippen molar-refractivity contribution in [2.45, 2.75) is 6.54 Å². The molecule has 1 heterocycles. The summed E-state index contributed by atoms with van der Waals surface area (Å²) in [6.45, 7) is 0.579. The molecule has 1 aromatic carbocycles. The highest BCUT2D eigenvalue weighted by Gasteiger charge is 2.11. The Bertz CT molecular complexity index is 537. The zero-order valence-corrected chi connectivity index (χ0v) is 11.1. The SMILES string of the molecule is CNc1ccc(C(=O)N(C)Cc2ccncc2)cc1. The van der Waals surface area contributed by atoms with Gasteiger partial charge in [0.15, 0.2) is 0 Å². The van der Waals surface area contributed by atoms with Gasteiger partial charge in [0.1, 0.15) is 0 Å². The minimum atomic E-state index is 0.0134. The van der Waals surface area contributed by atoms with Crippen molar-refractivity contribution < 1.29 is 4.79 Å². The molecule has 0 fully saturated rings. The van der Waals surface area contributed by atoms with Crippen molar-refractivity contribution in [1.82, 2.24) is 9.88 Å². The molecule has 4 nitrogen and oxygen atoms in total. The first-order valence-corrected chi connectivity index (χ1v) is 6.13. The van der Waals surface area contributed by atoms with Crippen molar-refractivity contribution in [3.63, 3.8) is 0 Å². The minimum Gasteiger partial charge on any atom is -0.388 e. The average molecular weight is 255 g/mol. The molecule has 0 saturated heterocycles. The van der Waals surface area contributed by atoms with E-state index in [1.807, 2.05) is 43.4 Å². The molecule has 2 aromatic rings. The molecular formula is C15H17N3O. The van der Waals surface area contributed by atoms with Crippen molar-refractivity contribution in [2.24, 2.45) is 0 Å². The van der Waals surface area contributed by atoms with Gasteiger partial charge < -0.3 is 10.2 Å². The van der Waals surface area contributed by atoms with Gasteiger partial charge >= 0.3 is 0 Å². The van der Waals surface area contributed by atoms with Gasteiger partial charge in [0.25, 0.3) is 5.91 Å². The molecule has 19 heavy (non-hydrogen) atoms. The van der Waals surface area contributed by atoms with Crippen LogP contribution in [0.3, 0.4) is 0 Å². The summed E-state index contributed by atoms with van der Waals surface area (Å²) in [5.41, 5.74) is 2.75. The van der Waals surface area contributed by atoms with Crippen LogP contribution in [0.15, 0.2) is 48.8 Å². The van der Waals surface area contributed by atoms with E-state index in [2.05, 4.69) is 10.3 Å². The third kappa shape index (κ3) is 3.31. The lowest BCUT2D eigenvalue weighted by molar-refractivity contribution is 0.0785. The Morgan fingerprint density at radius 3 is 2.37 bits per heavy atom. The van der Waals surface area contributed by atoms with Gasteiger partial charge in [0, 0.05) is 44.3 Å². The Labute approximate surface area is 113 Å². The van der Waals surface area contributed by atoms with E-state index in [4.69, 9.17) is 0 Å². The van der Waals surface area contributed by atoms with Crippen molar-refractivity contribution in [1.29, 1.82) is 0 Å². The topological polar surface area (TPSA) is 45.2 Å². The number of pyridine rings is 1. The summed E-state index contributed by atoms with van der Waals surface area (Å²) in [5.74, 6) is 0.0134. The highest BCUT2D eigenvalue weighted by Crippen LogP contribution is 2.11. The molecule has 0 aliphatic carbocycles. The summed E-state index contributed by atoms with van der Waals surface area (Å²) < 4.78 is 0. The lowest BCUT2D eigenvalue weighted by Gasteiger charge is -2.17. The largest absolute Gasteiger partial charge is 0.388 e. The molecule has 4 heteroatoms. The van der Waals surface area contributed by atoms with Crippen molar-refractivity contribution in [3.8, 4) is 0 Å². The summed E-state index contributed by atoms with van der Waals surface area (Å²) in [4.78, 5) is 17.9. The van der Waals surface area contributed by atoms with Crippen LogP contribution in [-0.4, -0.2) is 29.9 Å². The first-order chi connectivity index (χ1) is 9.20. The van der Waals surface area contributed by atoms with E-state index in [9.17, 15) is 4.79 Å². The lowest BCUT2D eigenvalue weighted by atomic mass is 10.1. The van der Waals surface area contributed by atoms with Crippen LogP contribution in [-0.2, 0) is 6.54 Å². The first kappa shape index (κ1) is 13.1. The normalized spacial score (nSPS) is 10.0. The number of amides is 1. The lowest BCUT2D eigenvalue weighted by Crippen LogP contribution is -2.26. The van der Waals surface area contributed by atoms with Crippen molar-refractivity contribution >= 4 is 11.6 Å². The van der Waals surface area contributed by atoms with Gasteiger partial charge in [-0.15, -0.1) is 0 Å². The first-order valence-electron chi connectivity index (χ1n) is 6.13. The fourth-order valence-electron chi connectivity index (χ4n) is 1.83. The smallest absolute Gasteiger partial charge is 0.253 e. The number of nitrogens with zero attached hydrogens (tertiary/aromatic N) is 2. The number of benzene rings is 1. The standard InChI is InChI=1S/C15H17N3O/c1-16-14-5-3-13(4-6-14)15(19)18(2)11-12-7-9-17-10-8-12/h3-10,16H,11H2,1-2H3. The summed E-state index contributed by atoms with van der Waals surface area (Å²) in [6, 6.07) is 11.3. The highest BCUT2D eigenvalue weighted by molar-refractivity contribution is 5.94. The Balaban J connectivity index is 2.06. The second-order valence-corrected chi connectivity index (χ2v) is 4.34. The molecule has 1 aromatic heterocycles. The van der Waals surface area contributed by atoms with Crippen molar-refractivity contribution in [2.75, 3.05) is 19.4 Å². The molecule has 2 rings (SSSR count). The predicted octanol–water partition coefficient (Wildman–Crippen LogP) is 2.40. The Morgan fingerprint density at radius 1 is 1.16 bits per heavy atom. The van der Waals surface area contributed by atoms with Crippen LogP contribution in [0.2, 0.25) is 0 Å². The zero-order valence-electron chi connectivity index (χ0n) is 11.1. The number of rotatable bonds is 4. The molecule has 0 aliphatic rings. The van der Waals surface area contributed by atoms with Crippen LogP contribution in [0.25, 0.3) is 0 Å². The molecule has 0 bridgehead atoms. The zero-order chi connectivity index (χ0) is 13.7. The average Bonchev–Trinajstić information content (AvgIpc) is 2.47. The molecule has 0 spiro atoms. The number of hydrogen-bond donors (Lipinski definition) is 1. The van der Waals surface area contributed by atoms with Gasteiger partial charge in [-0.25, -0.2) is 0 Å². The molecule has 0 saturated carbocycles. The predicted molar refractivity (Wildman–Crippen MR) is 76.0 cm³/mol. The molecular weight excluding hydrogens is 238 g/mol. The molecule has 1 amide bonds. The van der Waals surface area contributed by atoms with Crippen LogP contribution in [0.1, 0.15) is 15.9 Å². The highest BCUT2D eigenvalue weighted by atomic mass is 16.2. The number of carbonyl (C=O) groups excluding carboxylic acids is 1. The van der Waals surface area contributed by atoms with Gasteiger partial charge in [0.05, 0.1) is 0 Å². The Kier molecular flexibility index (Phi) is 4.13. The van der Waals surface area contributed by atoms with Gasteiger partial charge in [-0.1, -0.05) is 0 Å². The molecule has 0 unspecified atom stereocenters. The second kappa shape index (κ2) is 6.00. The van der Waals surface area contributed by atoms with Crippen LogP contribution in [0.4, 0.5) is 5.69 Å². The third-order valence-corrected chi connectivity index (χ3v) is 2.94. The second-order valence-electron chi connectivity index (χ2n) is 4.34. The van der Waals surface area contributed by atoms with E-state index in [0.29, 0.717) is 12.1 Å². The number of aromatic nitrogens is 1. The molecule has 1 N–H and O–H groups in total. The number of nitrogens with one attached hydrogen (secondary N) is 1. The van der Waals surface area contributed by atoms with Crippen molar-refractivity contribution in [3.05, 3.63) is 59.9 Å². The van der Waals surface area contributed by atoms with Gasteiger partial charge in [-0.2, -0.15) is 0 Å². The molecule has 0 atom stereocenters. The summed E-state index contributed by atoms with van der Waals surface area (Å²) >= 11 is 0. The Hall–Kier alpha value is -2.36. The number of hydrogen-bond acceptors (Lipinski definition) is 3. The van der Waals surface area contributed by atoms with E-state index in [1.165, 1.54) is 0 Å². The van der Waals surface area contributed by atoms with E-state index >= 15 is 0 Å². The van der Waals surface area contributed by atoms with Gasteiger partial charge in [0.2, 0.25) is 0 Å². The molecule has 0 aliphatic heterocycles. The van der Waals surface area contributed by atoms with E-state index in [-0.39, 0.29) is 5.91 Å². The van der Waals surface area contributed by atoms with E-state index < -0.39 is 0 Å². The maximum Gasteiger partial charge on any atom is 0.253 e. The minimum absolute atomic E-state index is 0.0134. The monoisotopic (exact) mass is 255 g/mol. The fourth-order valence-corrected chi connectivity index (χ4v) is 1.83. The quantitative estimate of drug-likeness (QED) is 0.912. The van der Waals surface area contributed by atoms with E-state index in [0.717, 1.165) is 11.3 Å². The Morgan fingerprint density at radius 2 is 1.79 bits per heavy atom. The molecule has 0 radical (unpaired) electrons. The summed E-state index contributed by atoms with van der Waals surface area (Å²) in [6.07, 6.45) is 3.46. The van der Waals surface area contributed by atoms with Gasteiger partial charge in [-0.05, 0) is 42.0 Å². The maximum atomic E-state index is 12.2. The summed E-state index contributed by atoms with van der Waals surface area (Å²) in [7, 11) is 3.65. The van der Waals surface area contributed by atoms with E-state index in [1.54, 1.807) is 24.3 Å². The van der Waals surface area contributed by atoms with Crippen LogP contribution < -0.4 is 5.32 Å². The van der Waals surface area contributed by atoms with Crippen LogP contribution in [0, 0.1) is 0 Å². The number of anilines is 1. The van der Waals surface area contributed by atoms with Crippen LogP contribution >= 0.6 is 0 Å². The van der Waals surface area contributed by atoms with Crippen LogP contribution in [0.5, 0.6) is 0 Å². The fraction of sp³-hybridized carbons (Fsp3) is 0.200.